The zero-order valence-electron chi connectivity index (χ0n) is 24.3. The minimum Gasteiger partial charge on any atom is -0.497 e. The summed E-state index contributed by atoms with van der Waals surface area (Å²) >= 11 is 0. The van der Waals surface area contributed by atoms with Gasteiger partial charge in [0.1, 0.15) is 5.75 Å². The highest BCUT2D eigenvalue weighted by Gasteiger charge is 2.33. The van der Waals surface area contributed by atoms with E-state index in [1.165, 1.54) is 0 Å². The molecule has 0 radical (unpaired) electrons. The molecule has 0 bridgehead atoms. The Bertz CT molecular complexity index is 1240. The predicted molar refractivity (Wildman–Crippen MR) is 161 cm³/mol. The standard InChI is InChI=1S/C34H42N2O5/c1-24(2)23-41-34(39)36(28-17-19-29(40-3)20-18-28)21-25-13-15-26(16-14-25)30-11-7-8-12-31(30)33(38)35-32(22-37)27-9-5-4-6-10-27/h4-6,9-10,13-20,24,30-32,37H,7-8,11-12,21-23H2,1-3H3,(H,35,38). The highest BCUT2D eigenvalue weighted by atomic mass is 16.6. The second-order valence-electron chi connectivity index (χ2n) is 11.1. The van der Waals surface area contributed by atoms with Gasteiger partial charge in [0.25, 0.3) is 0 Å². The maximum atomic E-state index is 13.4. The summed E-state index contributed by atoms with van der Waals surface area (Å²) in [6.45, 7) is 4.57. The average molecular weight is 559 g/mol. The van der Waals surface area contributed by atoms with Crippen LogP contribution < -0.4 is 15.0 Å². The summed E-state index contributed by atoms with van der Waals surface area (Å²) in [6.07, 6.45) is 3.45. The number of methoxy groups -OCH3 is 1. The number of hydrogen-bond donors (Lipinski definition) is 2. The molecular weight excluding hydrogens is 516 g/mol. The van der Waals surface area contributed by atoms with Gasteiger partial charge in [-0.3, -0.25) is 9.69 Å². The molecule has 3 atom stereocenters. The average Bonchev–Trinajstić information content (AvgIpc) is 3.02. The molecule has 218 valence electrons. The zero-order chi connectivity index (χ0) is 29.2. The summed E-state index contributed by atoms with van der Waals surface area (Å²) < 4.78 is 10.9. The van der Waals surface area contributed by atoms with Crippen LogP contribution in [0.2, 0.25) is 0 Å². The van der Waals surface area contributed by atoms with Crippen LogP contribution in [0.1, 0.15) is 68.2 Å². The molecule has 0 aliphatic heterocycles. The monoisotopic (exact) mass is 558 g/mol. The predicted octanol–water partition coefficient (Wildman–Crippen LogP) is 6.62. The van der Waals surface area contributed by atoms with E-state index in [-0.39, 0.29) is 30.3 Å². The lowest BCUT2D eigenvalue weighted by atomic mass is 9.74. The molecule has 7 heteroatoms. The summed E-state index contributed by atoms with van der Waals surface area (Å²) in [5, 5.41) is 13.1. The molecular formula is C34H42N2O5. The van der Waals surface area contributed by atoms with Gasteiger partial charge < -0.3 is 19.9 Å². The summed E-state index contributed by atoms with van der Waals surface area (Å²) in [5.41, 5.74) is 3.71. The number of amides is 2. The number of rotatable bonds is 11. The first-order valence-electron chi connectivity index (χ1n) is 14.5. The maximum absolute atomic E-state index is 13.4. The Morgan fingerprint density at radius 2 is 1.63 bits per heavy atom. The smallest absolute Gasteiger partial charge is 0.414 e. The second-order valence-corrected chi connectivity index (χ2v) is 11.1. The minimum absolute atomic E-state index is 0.0136. The van der Waals surface area contributed by atoms with Crippen LogP contribution in [0.25, 0.3) is 0 Å². The molecule has 1 aliphatic carbocycles. The van der Waals surface area contributed by atoms with E-state index in [0.717, 1.165) is 48.1 Å². The summed E-state index contributed by atoms with van der Waals surface area (Å²) in [4.78, 5) is 28.1. The van der Waals surface area contributed by atoms with Gasteiger partial charge in [0.2, 0.25) is 5.91 Å². The zero-order valence-corrected chi connectivity index (χ0v) is 24.3. The molecule has 0 aromatic heterocycles. The highest BCUT2D eigenvalue weighted by Crippen LogP contribution is 2.38. The number of carbonyl (C=O) groups is 2. The van der Waals surface area contributed by atoms with Crippen LogP contribution >= 0.6 is 0 Å². The van der Waals surface area contributed by atoms with E-state index in [4.69, 9.17) is 9.47 Å². The van der Waals surface area contributed by atoms with Gasteiger partial charge >= 0.3 is 6.09 Å². The van der Waals surface area contributed by atoms with E-state index in [0.29, 0.717) is 18.9 Å². The van der Waals surface area contributed by atoms with Crippen molar-refractivity contribution in [3.63, 3.8) is 0 Å². The quantitative estimate of drug-likeness (QED) is 0.276. The summed E-state index contributed by atoms with van der Waals surface area (Å²) in [5.74, 6) is 0.877. The lowest BCUT2D eigenvalue weighted by molar-refractivity contribution is -0.127. The summed E-state index contributed by atoms with van der Waals surface area (Å²) in [7, 11) is 1.61. The van der Waals surface area contributed by atoms with Crippen molar-refractivity contribution in [2.24, 2.45) is 11.8 Å². The fraction of sp³-hybridized carbons (Fsp3) is 0.412. The van der Waals surface area contributed by atoms with Crippen LogP contribution in [0.5, 0.6) is 5.75 Å². The number of hydrogen-bond acceptors (Lipinski definition) is 5. The van der Waals surface area contributed by atoms with Crippen molar-refractivity contribution in [1.82, 2.24) is 5.32 Å². The molecule has 41 heavy (non-hydrogen) atoms. The van der Waals surface area contributed by atoms with E-state index >= 15 is 0 Å². The van der Waals surface area contributed by atoms with Gasteiger partial charge in [-0.05, 0) is 65.6 Å². The summed E-state index contributed by atoms with van der Waals surface area (Å²) in [6, 6.07) is 24.8. The van der Waals surface area contributed by atoms with Gasteiger partial charge in [-0.1, -0.05) is 81.3 Å². The second kappa shape index (κ2) is 14.7. The Labute approximate surface area is 243 Å². The fourth-order valence-electron chi connectivity index (χ4n) is 5.43. The van der Waals surface area contributed by atoms with Gasteiger partial charge in [-0.25, -0.2) is 4.79 Å². The Kier molecular flexibility index (Phi) is 10.8. The first kappa shape index (κ1) is 30.1. The number of nitrogens with one attached hydrogen (secondary N) is 1. The molecule has 3 aromatic rings. The Morgan fingerprint density at radius 3 is 2.27 bits per heavy atom. The van der Waals surface area contributed by atoms with Crippen LogP contribution in [-0.2, 0) is 16.1 Å². The van der Waals surface area contributed by atoms with Crippen molar-refractivity contribution in [2.45, 2.75) is 58.0 Å². The van der Waals surface area contributed by atoms with Gasteiger partial charge in [0, 0.05) is 11.6 Å². The molecule has 1 fully saturated rings. The van der Waals surface area contributed by atoms with Gasteiger partial charge in [-0.2, -0.15) is 0 Å². The van der Waals surface area contributed by atoms with E-state index in [1.807, 2.05) is 80.6 Å². The number of carbonyl (C=O) groups excluding carboxylic acids is 2. The molecule has 3 aromatic carbocycles. The van der Waals surface area contributed by atoms with E-state index in [2.05, 4.69) is 17.4 Å². The number of anilines is 1. The number of aliphatic hydroxyl groups excluding tert-OH is 1. The molecule has 0 heterocycles. The largest absolute Gasteiger partial charge is 0.497 e. The normalized spacial score (nSPS) is 17.5. The number of benzene rings is 3. The van der Waals surface area contributed by atoms with Crippen LogP contribution in [0.15, 0.2) is 78.9 Å². The first-order valence-corrected chi connectivity index (χ1v) is 14.5. The number of ether oxygens (including phenoxy) is 2. The minimum atomic E-state index is -0.423. The third kappa shape index (κ3) is 8.10. The Hall–Kier alpha value is -3.84. The van der Waals surface area contributed by atoms with E-state index in [9.17, 15) is 14.7 Å². The molecule has 0 saturated heterocycles. The molecule has 1 saturated carbocycles. The van der Waals surface area contributed by atoms with E-state index in [1.54, 1.807) is 12.0 Å². The third-order valence-electron chi connectivity index (χ3n) is 7.70. The lowest BCUT2D eigenvalue weighted by Crippen LogP contribution is -2.39. The van der Waals surface area contributed by atoms with Crippen LogP contribution in [0, 0.1) is 11.8 Å². The third-order valence-corrected chi connectivity index (χ3v) is 7.70. The van der Waals surface area contributed by atoms with Crippen LogP contribution in [-0.4, -0.2) is 37.4 Å². The number of nitrogens with zero attached hydrogens (tertiary/aromatic N) is 1. The van der Waals surface area contributed by atoms with Crippen molar-refractivity contribution in [1.29, 1.82) is 0 Å². The molecule has 0 spiro atoms. The van der Waals surface area contributed by atoms with Gasteiger partial charge in [0.15, 0.2) is 0 Å². The van der Waals surface area contributed by atoms with E-state index < -0.39 is 12.1 Å². The van der Waals surface area contributed by atoms with Crippen molar-refractivity contribution in [2.75, 3.05) is 25.2 Å². The van der Waals surface area contributed by atoms with Gasteiger partial charge in [0.05, 0.1) is 32.9 Å². The molecule has 2 N–H and O–H groups in total. The molecule has 3 unspecified atom stereocenters. The topological polar surface area (TPSA) is 88.1 Å². The van der Waals surface area contributed by atoms with Crippen LogP contribution in [0.4, 0.5) is 10.5 Å². The van der Waals surface area contributed by atoms with Crippen molar-refractivity contribution < 1.29 is 24.2 Å². The fourth-order valence-corrected chi connectivity index (χ4v) is 5.43. The molecule has 1 aliphatic rings. The number of aliphatic hydroxyl groups is 1. The van der Waals surface area contributed by atoms with Crippen molar-refractivity contribution in [3.8, 4) is 5.75 Å². The van der Waals surface area contributed by atoms with Gasteiger partial charge in [-0.15, -0.1) is 0 Å². The van der Waals surface area contributed by atoms with Crippen molar-refractivity contribution in [3.05, 3.63) is 95.6 Å². The highest BCUT2D eigenvalue weighted by molar-refractivity contribution is 5.87. The SMILES string of the molecule is COc1ccc(N(Cc2ccc(C3CCCCC3C(=O)NC(CO)c3ccccc3)cc2)C(=O)OCC(C)C)cc1. The van der Waals surface area contributed by atoms with Crippen LogP contribution in [0.3, 0.4) is 0 Å². The lowest BCUT2D eigenvalue weighted by Gasteiger charge is -2.32. The molecule has 7 nitrogen and oxygen atoms in total. The first-order chi connectivity index (χ1) is 19.9. The Balaban J connectivity index is 1.48. The molecule has 4 rings (SSSR count). The molecule has 2 amide bonds. The van der Waals surface area contributed by atoms with Crippen molar-refractivity contribution >= 4 is 17.7 Å². The maximum Gasteiger partial charge on any atom is 0.414 e. The Morgan fingerprint density at radius 1 is 0.951 bits per heavy atom.